The zero-order chi connectivity index (χ0) is 27.1. The predicted octanol–water partition coefficient (Wildman–Crippen LogP) is 1.82. The van der Waals surface area contributed by atoms with Crippen molar-refractivity contribution >= 4 is 24.0 Å². The van der Waals surface area contributed by atoms with Crippen LogP contribution in [0.3, 0.4) is 0 Å². The van der Waals surface area contributed by atoms with Gasteiger partial charge in [0.1, 0.15) is 0 Å². The van der Waals surface area contributed by atoms with Crippen LogP contribution in [0.25, 0.3) is 0 Å². The van der Waals surface area contributed by atoms with Gasteiger partial charge in [-0.25, -0.2) is 4.79 Å². The molecule has 3 aliphatic heterocycles. The molecular weight excluding hydrogens is 488 g/mol. The summed E-state index contributed by atoms with van der Waals surface area (Å²) in [4.78, 5) is 42.4. The summed E-state index contributed by atoms with van der Waals surface area (Å²) in [5, 5.41) is 10.4. The van der Waals surface area contributed by atoms with Crippen molar-refractivity contribution in [3.8, 4) is 11.5 Å². The van der Waals surface area contributed by atoms with Crippen molar-refractivity contribution in [2.45, 2.75) is 51.0 Å². The van der Waals surface area contributed by atoms with Crippen molar-refractivity contribution in [3.05, 3.63) is 35.9 Å². The first kappa shape index (κ1) is 27.8. The summed E-state index contributed by atoms with van der Waals surface area (Å²) in [7, 11) is 0. The Morgan fingerprint density at radius 1 is 1.21 bits per heavy atom. The fraction of sp³-hybridized carbons (Fsp3) is 0.571. The summed E-state index contributed by atoms with van der Waals surface area (Å²) < 4.78 is 12.6. The normalized spacial score (nSPS) is 22.5. The number of ether oxygens (including phenoxy) is 2. The number of nitrogens with zero attached hydrogens (tertiary/aromatic N) is 3. The number of hydrogen-bond acceptors (Lipinski definition) is 7. The number of rotatable bonds is 13. The summed E-state index contributed by atoms with van der Waals surface area (Å²) in [6, 6.07) is 5.14. The largest absolute Gasteiger partial charge is 0.481 e. The van der Waals surface area contributed by atoms with Gasteiger partial charge < -0.3 is 25.2 Å². The number of amides is 2. The van der Waals surface area contributed by atoms with Gasteiger partial charge in [-0.15, -0.1) is 0 Å². The van der Waals surface area contributed by atoms with Crippen molar-refractivity contribution in [2.75, 3.05) is 46.1 Å². The molecule has 206 valence electrons. The standard InChI is InChI=1S/C28H38N4O6/c1-2-3-12-30(14-6-11-29)26(34)18-32-17-21(20-8-9-23-24(16-20)38-19-37-23)27(28(35)36)22(32)10-15-31-13-5-4-7-25(31)33/h4-5,8-9,13,16,21-22,27H,2-3,6-7,10-12,14-15,17-19,29H2,1H3/p+1/t21-,22+,27-/m1/s1. The highest BCUT2D eigenvalue weighted by molar-refractivity contribution is 5.81. The van der Waals surface area contributed by atoms with Crippen LogP contribution in [0, 0.1) is 5.92 Å². The summed E-state index contributed by atoms with van der Waals surface area (Å²) in [6.07, 6.45) is 8.75. The molecule has 3 N–H and O–H groups in total. The highest BCUT2D eigenvalue weighted by atomic mass is 16.7. The molecule has 3 heterocycles. The molecule has 0 bridgehead atoms. The van der Waals surface area contributed by atoms with E-state index in [2.05, 4.69) is 6.92 Å². The van der Waals surface area contributed by atoms with Gasteiger partial charge in [0.25, 0.3) is 0 Å². The summed E-state index contributed by atoms with van der Waals surface area (Å²) in [5.41, 5.74) is 6.56. The average molecular weight is 528 g/mol. The second kappa shape index (κ2) is 13.0. The Labute approximate surface area is 223 Å². The van der Waals surface area contributed by atoms with E-state index in [9.17, 15) is 19.5 Å². The third kappa shape index (κ3) is 6.42. The molecule has 1 saturated heterocycles. The van der Waals surface area contributed by atoms with E-state index in [1.54, 1.807) is 16.9 Å². The average Bonchev–Trinajstić information content (AvgIpc) is 3.52. The van der Waals surface area contributed by atoms with Crippen molar-refractivity contribution in [1.82, 2.24) is 9.80 Å². The maximum atomic E-state index is 13.5. The van der Waals surface area contributed by atoms with E-state index in [4.69, 9.17) is 15.2 Å². The van der Waals surface area contributed by atoms with Gasteiger partial charge in [-0.2, -0.15) is 4.58 Å². The number of allylic oxidation sites excluding steroid dienone is 1. The molecule has 0 saturated carbocycles. The number of likely N-dealkylation sites (tertiary alicyclic amines) is 1. The smallest absolute Gasteiger partial charge is 0.390 e. The van der Waals surface area contributed by atoms with Crippen molar-refractivity contribution in [3.63, 3.8) is 0 Å². The van der Waals surface area contributed by atoms with Gasteiger partial charge in [0.2, 0.25) is 12.7 Å². The zero-order valence-electron chi connectivity index (χ0n) is 22.1. The quantitative estimate of drug-likeness (QED) is 0.372. The van der Waals surface area contributed by atoms with Crippen LogP contribution in [-0.2, 0) is 14.4 Å². The molecule has 0 aliphatic carbocycles. The van der Waals surface area contributed by atoms with E-state index < -0.39 is 17.9 Å². The molecule has 10 heteroatoms. The van der Waals surface area contributed by atoms with Crippen molar-refractivity contribution in [2.24, 2.45) is 11.7 Å². The number of nitrogens with two attached hydrogens (primary N) is 1. The molecule has 38 heavy (non-hydrogen) atoms. The minimum absolute atomic E-state index is 0.0140. The maximum absolute atomic E-state index is 13.5. The second-order valence-electron chi connectivity index (χ2n) is 10.1. The number of aliphatic carboxylic acids is 1. The SMILES string of the molecule is CCCCN(CCCN)C(=O)CN1C[C@H](c2ccc3c(c2)OCO3)[C@@H](C(=O)O)[C@@H]1CC[N+]1=CC=CCC1=O. The number of benzene rings is 1. The molecule has 10 nitrogen and oxygen atoms in total. The third-order valence-corrected chi connectivity index (χ3v) is 7.64. The summed E-state index contributed by atoms with van der Waals surface area (Å²) in [6.45, 7) is 4.91. The first-order valence-electron chi connectivity index (χ1n) is 13.6. The lowest BCUT2D eigenvalue weighted by Crippen LogP contribution is -2.45. The van der Waals surface area contributed by atoms with E-state index in [-0.39, 0.29) is 31.1 Å². The van der Waals surface area contributed by atoms with Gasteiger partial charge in [0.15, 0.2) is 24.3 Å². The number of carboxylic acids is 1. The van der Waals surface area contributed by atoms with Gasteiger partial charge in [0.05, 0.1) is 18.9 Å². The number of unbranched alkanes of at least 4 members (excludes halogenated alkanes) is 1. The van der Waals surface area contributed by atoms with Crippen LogP contribution in [0.15, 0.2) is 30.4 Å². The molecule has 3 atom stereocenters. The van der Waals surface area contributed by atoms with Crippen molar-refractivity contribution < 1.29 is 33.5 Å². The van der Waals surface area contributed by atoms with Gasteiger partial charge in [-0.3, -0.25) is 14.5 Å². The van der Waals surface area contributed by atoms with Crippen LogP contribution in [0.5, 0.6) is 11.5 Å². The molecule has 0 unspecified atom stereocenters. The van der Waals surface area contributed by atoms with Gasteiger partial charge in [-0.1, -0.05) is 25.5 Å². The Morgan fingerprint density at radius 3 is 2.74 bits per heavy atom. The van der Waals surface area contributed by atoms with Crippen LogP contribution in [0.2, 0.25) is 0 Å². The van der Waals surface area contributed by atoms with E-state index in [1.165, 1.54) is 0 Å². The lowest BCUT2D eigenvalue weighted by atomic mass is 9.84. The van der Waals surface area contributed by atoms with Gasteiger partial charge >= 0.3 is 11.9 Å². The van der Waals surface area contributed by atoms with Crippen LogP contribution >= 0.6 is 0 Å². The molecule has 0 aromatic heterocycles. The highest BCUT2D eigenvalue weighted by Gasteiger charge is 2.48. The van der Waals surface area contributed by atoms with E-state index in [1.807, 2.05) is 34.1 Å². The number of carbonyl (C=O) groups excluding carboxylic acids is 2. The number of carbonyl (C=O) groups is 3. The van der Waals surface area contributed by atoms with Crippen LogP contribution in [0.4, 0.5) is 0 Å². The van der Waals surface area contributed by atoms with E-state index in [0.29, 0.717) is 57.1 Å². The molecule has 0 spiro atoms. The molecule has 1 fully saturated rings. The minimum Gasteiger partial charge on any atom is -0.481 e. The van der Waals surface area contributed by atoms with Crippen LogP contribution < -0.4 is 15.2 Å². The number of carboxylic acid groups (broad SMARTS) is 1. The minimum atomic E-state index is -0.910. The first-order chi connectivity index (χ1) is 18.4. The fourth-order valence-corrected chi connectivity index (χ4v) is 5.60. The summed E-state index contributed by atoms with van der Waals surface area (Å²) >= 11 is 0. The Morgan fingerprint density at radius 2 is 2.00 bits per heavy atom. The lowest BCUT2D eigenvalue weighted by Gasteiger charge is -2.29. The second-order valence-corrected chi connectivity index (χ2v) is 10.1. The molecule has 3 aliphatic rings. The molecular formula is C28H39N4O6+. The van der Waals surface area contributed by atoms with Crippen LogP contribution in [0.1, 0.15) is 50.5 Å². The molecule has 1 aromatic carbocycles. The lowest BCUT2D eigenvalue weighted by molar-refractivity contribution is -0.446. The monoisotopic (exact) mass is 527 g/mol. The van der Waals surface area contributed by atoms with E-state index >= 15 is 0 Å². The molecule has 4 rings (SSSR count). The summed E-state index contributed by atoms with van der Waals surface area (Å²) in [5.74, 6) is -0.782. The zero-order valence-corrected chi connectivity index (χ0v) is 22.1. The Balaban J connectivity index is 1.59. The van der Waals surface area contributed by atoms with E-state index in [0.717, 1.165) is 24.8 Å². The van der Waals surface area contributed by atoms with Crippen LogP contribution in [-0.4, -0.2) is 95.6 Å². The highest BCUT2D eigenvalue weighted by Crippen LogP contribution is 2.42. The predicted molar refractivity (Wildman–Crippen MR) is 142 cm³/mol. The fourth-order valence-electron chi connectivity index (χ4n) is 5.60. The maximum Gasteiger partial charge on any atom is 0.390 e. The molecule has 1 aromatic rings. The first-order valence-corrected chi connectivity index (χ1v) is 13.6. The number of fused-ring (bicyclic) bond motifs is 1. The Hall–Kier alpha value is -3.24. The van der Waals surface area contributed by atoms with Gasteiger partial charge in [0, 0.05) is 38.0 Å². The van der Waals surface area contributed by atoms with Gasteiger partial charge in [-0.05, 0) is 43.2 Å². The Kier molecular flexibility index (Phi) is 9.52. The third-order valence-electron chi connectivity index (χ3n) is 7.64. The number of hydrogen-bond donors (Lipinski definition) is 2. The van der Waals surface area contributed by atoms with Crippen molar-refractivity contribution in [1.29, 1.82) is 0 Å². The Bertz CT molecular complexity index is 1080. The molecule has 2 amide bonds. The topological polar surface area (TPSA) is 125 Å². The molecule has 0 radical (unpaired) electrons.